The number of carbonyl (C=O) groups is 1. The molecule has 0 saturated heterocycles. The zero-order valence-electron chi connectivity index (χ0n) is 12.4. The van der Waals surface area contributed by atoms with Crippen molar-refractivity contribution in [2.24, 2.45) is 14.1 Å². The van der Waals surface area contributed by atoms with Crippen molar-refractivity contribution >= 4 is 22.6 Å². The molecule has 0 aliphatic heterocycles. The predicted octanol–water partition coefficient (Wildman–Crippen LogP) is 1.01. The number of fused-ring (bicyclic) bond motifs is 1. The Morgan fingerprint density at radius 1 is 1.29 bits per heavy atom. The molecular weight excluding hydrogens is 270 g/mol. The third-order valence-electron chi connectivity index (χ3n) is 3.45. The number of rotatable bonds is 3. The van der Waals surface area contributed by atoms with Crippen LogP contribution in [0.5, 0.6) is 0 Å². The summed E-state index contributed by atoms with van der Waals surface area (Å²) in [5.74, 6) is -0.138. The second kappa shape index (κ2) is 4.72. The maximum atomic E-state index is 12.3. The molecule has 3 heterocycles. The smallest absolute Gasteiger partial charge is 0.249 e. The molecule has 3 rings (SSSR count). The highest BCUT2D eigenvalue weighted by atomic mass is 16.2. The number of nitrogens with one attached hydrogen (secondary N) is 1. The summed E-state index contributed by atoms with van der Waals surface area (Å²) in [7, 11) is 3.66. The summed E-state index contributed by atoms with van der Waals surface area (Å²) < 4.78 is 5.06. The highest BCUT2D eigenvalue weighted by Gasteiger charge is 2.19. The molecule has 1 atom stereocenters. The van der Waals surface area contributed by atoms with Crippen LogP contribution >= 0.6 is 0 Å². The summed E-state index contributed by atoms with van der Waals surface area (Å²) >= 11 is 0. The first-order chi connectivity index (χ1) is 9.95. The fourth-order valence-electron chi connectivity index (χ4n) is 2.25. The Bertz CT molecular complexity index is 775. The molecule has 0 aromatic carbocycles. The highest BCUT2D eigenvalue weighted by Crippen LogP contribution is 2.18. The van der Waals surface area contributed by atoms with Gasteiger partial charge in [-0.15, -0.1) is 0 Å². The van der Waals surface area contributed by atoms with E-state index in [-0.39, 0.29) is 5.91 Å². The Balaban J connectivity index is 1.84. The number of hydrogen-bond acceptors (Lipinski definition) is 4. The molecule has 0 bridgehead atoms. The lowest BCUT2D eigenvalue weighted by atomic mass is 10.3. The number of hydrogen-bond donors (Lipinski definition) is 1. The topological polar surface area (TPSA) is 82.6 Å². The molecule has 8 heteroatoms. The van der Waals surface area contributed by atoms with Crippen LogP contribution in [0.1, 0.15) is 18.7 Å². The fraction of sp³-hybridized carbons (Fsp3) is 0.385. The average molecular weight is 287 g/mol. The third kappa shape index (κ3) is 2.28. The van der Waals surface area contributed by atoms with Gasteiger partial charge in [-0.25, -0.2) is 0 Å². The van der Waals surface area contributed by atoms with Crippen LogP contribution in [-0.2, 0) is 18.9 Å². The number of aryl methyl sites for hydroxylation is 3. The lowest BCUT2D eigenvalue weighted by Gasteiger charge is -2.11. The van der Waals surface area contributed by atoms with Crippen molar-refractivity contribution in [3.63, 3.8) is 0 Å². The normalized spacial score (nSPS) is 12.8. The summed E-state index contributed by atoms with van der Waals surface area (Å²) in [4.78, 5) is 12.3. The van der Waals surface area contributed by atoms with Crippen molar-refractivity contribution in [3.8, 4) is 0 Å². The number of amides is 1. The standard InChI is InChI=1S/C13H17N7O/c1-8-12-11(19(4)16-8)7-20(17-12)9(2)13(21)15-10-5-14-18(3)6-10/h5-7,9H,1-4H3,(H,15,21)/t9-/m0/s1. The van der Waals surface area contributed by atoms with Gasteiger partial charge in [-0.3, -0.25) is 18.8 Å². The van der Waals surface area contributed by atoms with Crippen molar-refractivity contribution in [1.29, 1.82) is 0 Å². The summed E-state index contributed by atoms with van der Waals surface area (Å²) in [6.45, 7) is 3.71. The lowest BCUT2D eigenvalue weighted by Crippen LogP contribution is -2.24. The number of nitrogens with zero attached hydrogens (tertiary/aromatic N) is 6. The minimum atomic E-state index is -0.419. The first-order valence-corrected chi connectivity index (χ1v) is 6.63. The Morgan fingerprint density at radius 3 is 2.67 bits per heavy atom. The molecule has 0 radical (unpaired) electrons. The zero-order chi connectivity index (χ0) is 15.1. The van der Waals surface area contributed by atoms with Crippen LogP contribution in [0.4, 0.5) is 5.69 Å². The molecule has 21 heavy (non-hydrogen) atoms. The summed E-state index contributed by atoms with van der Waals surface area (Å²) in [5.41, 5.74) is 3.25. The molecule has 0 fully saturated rings. The Morgan fingerprint density at radius 2 is 2.05 bits per heavy atom. The van der Waals surface area contributed by atoms with Crippen LogP contribution < -0.4 is 5.32 Å². The molecule has 8 nitrogen and oxygen atoms in total. The van der Waals surface area contributed by atoms with E-state index in [9.17, 15) is 4.79 Å². The largest absolute Gasteiger partial charge is 0.322 e. The quantitative estimate of drug-likeness (QED) is 0.779. The van der Waals surface area contributed by atoms with E-state index >= 15 is 0 Å². The summed E-state index contributed by atoms with van der Waals surface area (Å²) in [5, 5.41) is 15.6. The summed E-state index contributed by atoms with van der Waals surface area (Å²) in [6.07, 6.45) is 5.19. The van der Waals surface area contributed by atoms with Gasteiger partial charge in [0.15, 0.2) is 0 Å². The van der Waals surface area contributed by atoms with E-state index in [2.05, 4.69) is 20.6 Å². The van der Waals surface area contributed by atoms with Crippen molar-refractivity contribution in [1.82, 2.24) is 29.3 Å². The molecule has 0 spiro atoms. The van der Waals surface area contributed by atoms with E-state index in [4.69, 9.17) is 0 Å². The zero-order valence-corrected chi connectivity index (χ0v) is 12.4. The van der Waals surface area contributed by atoms with Crippen LogP contribution in [0.15, 0.2) is 18.6 Å². The first kappa shape index (κ1) is 13.3. The molecule has 1 amide bonds. The van der Waals surface area contributed by atoms with Gasteiger partial charge in [-0.1, -0.05) is 0 Å². The van der Waals surface area contributed by atoms with E-state index in [0.717, 1.165) is 16.7 Å². The number of aromatic nitrogens is 6. The molecule has 0 aliphatic carbocycles. The number of anilines is 1. The van der Waals surface area contributed by atoms with Crippen LogP contribution in [-0.4, -0.2) is 35.2 Å². The van der Waals surface area contributed by atoms with Crippen LogP contribution in [0.3, 0.4) is 0 Å². The summed E-state index contributed by atoms with van der Waals surface area (Å²) in [6, 6.07) is -0.419. The molecule has 0 aliphatic rings. The van der Waals surface area contributed by atoms with Crippen molar-refractivity contribution < 1.29 is 4.79 Å². The van der Waals surface area contributed by atoms with Crippen molar-refractivity contribution in [3.05, 3.63) is 24.3 Å². The van der Waals surface area contributed by atoms with Crippen molar-refractivity contribution in [2.45, 2.75) is 19.9 Å². The van der Waals surface area contributed by atoms with Crippen LogP contribution in [0.25, 0.3) is 11.0 Å². The van der Waals surface area contributed by atoms with Gasteiger partial charge in [-0.2, -0.15) is 15.3 Å². The molecule has 3 aromatic heterocycles. The van der Waals surface area contributed by atoms with Crippen molar-refractivity contribution in [2.75, 3.05) is 5.32 Å². The van der Waals surface area contributed by atoms with E-state index in [0.29, 0.717) is 5.69 Å². The predicted molar refractivity (Wildman–Crippen MR) is 77.8 cm³/mol. The van der Waals surface area contributed by atoms with E-state index in [1.165, 1.54) is 0 Å². The van der Waals surface area contributed by atoms with E-state index in [1.807, 2.05) is 20.2 Å². The lowest BCUT2D eigenvalue weighted by molar-refractivity contribution is -0.119. The minimum absolute atomic E-state index is 0.138. The van der Waals surface area contributed by atoms with Crippen LogP contribution in [0.2, 0.25) is 0 Å². The maximum Gasteiger partial charge on any atom is 0.249 e. The van der Waals surface area contributed by atoms with Gasteiger partial charge in [0, 0.05) is 20.3 Å². The van der Waals surface area contributed by atoms with Gasteiger partial charge in [0.25, 0.3) is 0 Å². The van der Waals surface area contributed by atoms with Gasteiger partial charge in [0.2, 0.25) is 5.91 Å². The second-order valence-corrected chi connectivity index (χ2v) is 5.12. The molecule has 3 aromatic rings. The average Bonchev–Trinajstić information content (AvgIpc) is 3.09. The Hall–Kier alpha value is -2.64. The third-order valence-corrected chi connectivity index (χ3v) is 3.45. The van der Waals surface area contributed by atoms with Gasteiger partial charge >= 0.3 is 0 Å². The molecular formula is C13H17N7O. The second-order valence-electron chi connectivity index (χ2n) is 5.12. The van der Waals surface area contributed by atoms with E-state index in [1.54, 1.807) is 40.4 Å². The van der Waals surface area contributed by atoms with Crippen LogP contribution in [0, 0.1) is 6.92 Å². The highest BCUT2D eigenvalue weighted by molar-refractivity contribution is 5.93. The Labute approximate surface area is 121 Å². The SMILES string of the molecule is Cc1nn(C)c2cn([C@@H](C)C(=O)Nc3cnn(C)c3)nc12. The van der Waals surface area contributed by atoms with E-state index < -0.39 is 6.04 Å². The van der Waals surface area contributed by atoms with Gasteiger partial charge in [-0.05, 0) is 13.8 Å². The molecule has 0 saturated carbocycles. The minimum Gasteiger partial charge on any atom is -0.322 e. The molecule has 0 unspecified atom stereocenters. The van der Waals surface area contributed by atoms with Gasteiger partial charge in [0.05, 0.1) is 23.8 Å². The van der Waals surface area contributed by atoms with Gasteiger partial charge < -0.3 is 5.32 Å². The maximum absolute atomic E-state index is 12.3. The molecule has 1 N–H and O–H groups in total. The first-order valence-electron chi connectivity index (χ1n) is 6.63. The Kier molecular flexibility index (Phi) is 3.00. The molecule has 110 valence electrons. The monoisotopic (exact) mass is 287 g/mol. The fourth-order valence-corrected chi connectivity index (χ4v) is 2.25. The van der Waals surface area contributed by atoms with Gasteiger partial charge in [0.1, 0.15) is 17.1 Å². The number of carbonyl (C=O) groups excluding carboxylic acids is 1.